The third-order valence-electron chi connectivity index (χ3n) is 5.98. The zero-order valence-corrected chi connectivity index (χ0v) is 17.9. The van der Waals surface area contributed by atoms with E-state index in [1.165, 1.54) is 0 Å². The number of hydrogen-bond acceptors (Lipinski definition) is 3. The van der Waals surface area contributed by atoms with Crippen LogP contribution in [0.2, 0.25) is 5.02 Å². The minimum Gasteiger partial charge on any atom is -0.349 e. The smallest absolute Gasteiger partial charge is 0.271 e. The summed E-state index contributed by atoms with van der Waals surface area (Å²) in [5.74, 6) is 0.335. The SMILES string of the molecule is Cn1cccc1-c1cc(C(=O)N2CCC(c3cc(-c4ccccc4Cl)n[nH]3)CC2)[nH]n1. The molecule has 1 fully saturated rings. The van der Waals surface area contributed by atoms with E-state index in [1.807, 2.05) is 65.2 Å². The van der Waals surface area contributed by atoms with Gasteiger partial charge in [-0.1, -0.05) is 29.8 Å². The number of aromatic amines is 2. The highest BCUT2D eigenvalue weighted by Crippen LogP contribution is 2.32. The second kappa shape index (κ2) is 8.07. The third-order valence-corrected chi connectivity index (χ3v) is 6.31. The van der Waals surface area contributed by atoms with Gasteiger partial charge in [-0.15, -0.1) is 0 Å². The van der Waals surface area contributed by atoms with Crippen LogP contribution in [-0.2, 0) is 7.05 Å². The molecule has 0 atom stereocenters. The fraction of sp³-hybridized carbons (Fsp3) is 0.261. The van der Waals surface area contributed by atoms with Gasteiger partial charge in [0.2, 0.25) is 0 Å². The van der Waals surface area contributed by atoms with Crippen molar-refractivity contribution < 1.29 is 4.79 Å². The number of piperidine rings is 1. The van der Waals surface area contributed by atoms with Crippen molar-refractivity contribution in [2.24, 2.45) is 7.05 Å². The quantitative estimate of drug-likeness (QED) is 0.496. The number of nitrogens with zero attached hydrogens (tertiary/aromatic N) is 4. The standard InChI is InChI=1S/C23H23ClN6O/c1-29-10-4-7-22(29)20-14-21(28-27-20)23(31)30-11-8-15(9-12-30)18-13-19(26-25-18)16-5-2-3-6-17(16)24/h2-7,10,13-15H,8-9,11-12H2,1H3,(H,25,26)(H,27,28). The molecule has 7 nitrogen and oxygen atoms in total. The van der Waals surface area contributed by atoms with E-state index in [-0.39, 0.29) is 5.91 Å². The predicted molar refractivity (Wildman–Crippen MR) is 120 cm³/mol. The van der Waals surface area contributed by atoms with Crippen LogP contribution in [0.1, 0.15) is 34.9 Å². The lowest BCUT2D eigenvalue weighted by Gasteiger charge is -2.31. The van der Waals surface area contributed by atoms with E-state index in [4.69, 9.17) is 11.6 Å². The molecule has 1 amide bonds. The van der Waals surface area contributed by atoms with Crippen LogP contribution in [0, 0.1) is 0 Å². The lowest BCUT2D eigenvalue weighted by molar-refractivity contribution is 0.0706. The number of halogens is 1. The monoisotopic (exact) mass is 434 g/mol. The number of likely N-dealkylation sites (tertiary alicyclic amines) is 1. The van der Waals surface area contributed by atoms with Gasteiger partial charge in [0.25, 0.3) is 5.91 Å². The van der Waals surface area contributed by atoms with Crippen molar-refractivity contribution in [1.29, 1.82) is 0 Å². The number of nitrogens with one attached hydrogen (secondary N) is 2. The van der Waals surface area contributed by atoms with Gasteiger partial charge in [0.15, 0.2) is 0 Å². The van der Waals surface area contributed by atoms with Crippen molar-refractivity contribution in [3.05, 3.63) is 71.1 Å². The van der Waals surface area contributed by atoms with Crippen LogP contribution in [0.5, 0.6) is 0 Å². The van der Waals surface area contributed by atoms with Crippen molar-refractivity contribution in [1.82, 2.24) is 29.9 Å². The second-order valence-electron chi connectivity index (χ2n) is 7.93. The topological polar surface area (TPSA) is 82.6 Å². The zero-order valence-electron chi connectivity index (χ0n) is 17.2. The summed E-state index contributed by atoms with van der Waals surface area (Å²) in [5, 5.41) is 15.5. The Hall–Kier alpha value is -3.32. The molecule has 0 radical (unpaired) electrons. The number of aryl methyl sites for hydroxylation is 1. The molecule has 1 aliphatic rings. The van der Waals surface area contributed by atoms with E-state index < -0.39 is 0 Å². The molecule has 2 N–H and O–H groups in total. The van der Waals surface area contributed by atoms with E-state index in [9.17, 15) is 4.79 Å². The third kappa shape index (κ3) is 3.77. The van der Waals surface area contributed by atoms with Crippen molar-refractivity contribution >= 4 is 17.5 Å². The Bertz CT molecular complexity index is 1210. The van der Waals surface area contributed by atoms with Gasteiger partial charge < -0.3 is 9.47 Å². The average molecular weight is 435 g/mol. The molecule has 1 aromatic carbocycles. The van der Waals surface area contributed by atoms with Gasteiger partial charge in [-0.3, -0.25) is 15.0 Å². The molecule has 0 saturated carbocycles. The number of carbonyl (C=O) groups is 1. The van der Waals surface area contributed by atoms with Crippen LogP contribution in [0.15, 0.2) is 54.7 Å². The molecule has 0 unspecified atom stereocenters. The first kappa shape index (κ1) is 19.6. The Balaban J connectivity index is 1.24. The number of amides is 1. The summed E-state index contributed by atoms with van der Waals surface area (Å²) < 4.78 is 1.98. The highest BCUT2D eigenvalue weighted by atomic mass is 35.5. The fourth-order valence-corrected chi connectivity index (χ4v) is 4.44. The predicted octanol–water partition coefficient (Wildman–Crippen LogP) is 4.48. The number of aromatic nitrogens is 5. The van der Waals surface area contributed by atoms with Gasteiger partial charge in [0, 0.05) is 43.5 Å². The Morgan fingerprint density at radius 1 is 1.03 bits per heavy atom. The number of H-pyrrole nitrogens is 2. The van der Waals surface area contributed by atoms with Crippen LogP contribution in [0.3, 0.4) is 0 Å². The lowest BCUT2D eigenvalue weighted by atomic mass is 9.93. The molecule has 8 heteroatoms. The van der Waals surface area contributed by atoms with E-state index in [0.29, 0.717) is 29.7 Å². The molecule has 158 valence electrons. The fourth-order valence-electron chi connectivity index (χ4n) is 4.21. The minimum atomic E-state index is -0.00669. The molecule has 1 aliphatic heterocycles. The molecule has 5 rings (SSSR count). The van der Waals surface area contributed by atoms with E-state index >= 15 is 0 Å². The summed E-state index contributed by atoms with van der Waals surface area (Å²) in [6, 6.07) is 15.6. The van der Waals surface area contributed by atoms with Crippen molar-refractivity contribution in [3.8, 4) is 22.6 Å². The maximum absolute atomic E-state index is 13.0. The van der Waals surface area contributed by atoms with Gasteiger partial charge in [0.1, 0.15) is 11.4 Å². The number of rotatable bonds is 4. The Morgan fingerprint density at radius 3 is 2.55 bits per heavy atom. The number of benzene rings is 1. The van der Waals surface area contributed by atoms with Crippen LogP contribution in [0.25, 0.3) is 22.6 Å². The molecule has 3 aromatic heterocycles. The normalized spacial score (nSPS) is 14.8. The van der Waals surface area contributed by atoms with Gasteiger partial charge >= 0.3 is 0 Å². The molecule has 31 heavy (non-hydrogen) atoms. The maximum atomic E-state index is 13.0. The molecular weight excluding hydrogens is 412 g/mol. The van der Waals surface area contributed by atoms with Crippen molar-refractivity contribution in [3.63, 3.8) is 0 Å². The summed E-state index contributed by atoms with van der Waals surface area (Å²) in [7, 11) is 1.96. The first-order valence-electron chi connectivity index (χ1n) is 10.4. The van der Waals surface area contributed by atoms with E-state index in [2.05, 4.69) is 26.5 Å². The van der Waals surface area contributed by atoms with Gasteiger partial charge in [-0.2, -0.15) is 10.2 Å². The van der Waals surface area contributed by atoms with E-state index in [0.717, 1.165) is 41.2 Å². The highest BCUT2D eigenvalue weighted by molar-refractivity contribution is 6.33. The van der Waals surface area contributed by atoms with Crippen LogP contribution < -0.4 is 0 Å². The van der Waals surface area contributed by atoms with Crippen LogP contribution in [0.4, 0.5) is 0 Å². The summed E-state index contributed by atoms with van der Waals surface area (Å²) in [6.07, 6.45) is 3.73. The minimum absolute atomic E-state index is 0.00669. The highest BCUT2D eigenvalue weighted by Gasteiger charge is 2.27. The lowest BCUT2D eigenvalue weighted by Crippen LogP contribution is -2.38. The zero-order chi connectivity index (χ0) is 21.4. The number of carbonyl (C=O) groups excluding carboxylic acids is 1. The van der Waals surface area contributed by atoms with Crippen LogP contribution >= 0.6 is 11.6 Å². The molecule has 4 aromatic rings. The Morgan fingerprint density at radius 2 is 1.81 bits per heavy atom. The Kier molecular flexibility index (Phi) is 5.11. The largest absolute Gasteiger partial charge is 0.349 e. The molecule has 0 aliphatic carbocycles. The molecule has 0 bridgehead atoms. The summed E-state index contributed by atoms with van der Waals surface area (Å²) in [4.78, 5) is 14.8. The molecular formula is C23H23ClN6O. The van der Waals surface area contributed by atoms with Gasteiger partial charge in [-0.25, -0.2) is 0 Å². The first-order valence-corrected chi connectivity index (χ1v) is 10.7. The molecule has 4 heterocycles. The molecule has 1 saturated heterocycles. The molecule has 0 spiro atoms. The van der Waals surface area contributed by atoms with Crippen LogP contribution in [-0.4, -0.2) is 48.9 Å². The van der Waals surface area contributed by atoms with Crippen molar-refractivity contribution in [2.75, 3.05) is 13.1 Å². The van der Waals surface area contributed by atoms with Crippen molar-refractivity contribution in [2.45, 2.75) is 18.8 Å². The average Bonchev–Trinajstić information content (AvgIpc) is 3.54. The summed E-state index contributed by atoms with van der Waals surface area (Å²) in [6.45, 7) is 1.39. The maximum Gasteiger partial charge on any atom is 0.271 e. The van der Waals surface area contributed by atoms with Gasteiger partial charge in [-0.05, 0) is 43.2 Å². The summed E-state index contributed by atoms with van der Waals surface area (Å²) >= 11 is 6.30. The second-order valence-corrected chi connectivity index (χ2v) is 8.33. The van der Waals surface area contributed by atoms with Gasteiger partial charge in [0.05, 0.1) is 16.4 Å². The first-order chi connectivity index (χ1) is 15.1. The number of hydrogen-bond donors (Lipinski definition) is 2. The summed E-state index contributed by atoms with van der Waals surface area (Å²) in [5.41, 5.74) is 5.14. The Labute approximate surface area is 185 Å². The van der Waals surface area contributed by atoms with E-state index in [1.54, 1.807) is 0 Å².